The lowest BCUT2D eigenvalue weighted by Gasteiger charge is -2.45. The quantitative estimate of drug-likeness (QED) is 0.917. The fourth-order valence-electron chi connectivity index (χ4n) is 3.27. The van der Waals surface area contributed by atoms with Gasteiger partial charge in [0.05, 0.1) is 12.1 Å². The fourth-order valence-corrected chi connectivity index (χ4v) is 3.55. The van der Waals surface area contributed by atoms with Gasteiger partial charge in [-0.25, -0.2) is 0 Å². The second-order valence-electron chi connectivity index (χ2n) is 5.59. The molecule has 3 saturated heterocycles. The summed E-state index contributed by atoms with van der Waals surface area (Å²) in [6, 6.07) is 6.66. The van der Waals surface area contributed by atoms with Gasteiger partial charge in [-0.3, -0.25) is 0 Å². The molecule has 3 aliphatic heterocycles. The zero-order valence-corrected chi connectivity index (χ0v) is 12.1. The Hall–Kier alpha value is -0.770. The standard InChI is InChI=1S/C15H21ClN2O/c1-19-15-3-2-11(8-13(15)16)9-17-14-10-18-6-4-12(14)5-7-18/h2-3,8,12,14,17H,4-7,9-10H2,1H3. The lowest BCUT2D eigenvalue weighted by molar-refractivity contribution is 0.0720. The van der Waals surface area contributed by atoms with E-state index in [1.54, 1.807) is 7.11 Å². The molecular formula is C15H21ClN2O. The van der Waals surface area contributed by atoms with Gasteiger partial charge in [0, 0.05) is 19.1 Å². The van der Waals surface area contributed by atoms with E-state index in [1.807, 2.05) is 12.1 Å². The van der Waals surface area contributed by atoms with Crippen molar-refractivity contribution in [2.45, 2.75) is 25.4 Å². The van der Waals surface area contributed by atoms with Crippen LogP contribution in [0.3, 0.4) is 0 Å². The highest BCUT2D eigenvalue weighted by molar-refractivity contribution is 6.32. The van der Waals surface area contributed by atoms with Crippen molar-refractivity contribution in [1.82, 2.24) is 10.2 Å². The highest BCUT2D eigenvalue weighted by atomic mass is 35.5. The van der Waals surface area contributed by atoms with Crippen molar-refractivity contribution in [3.8, 4) is 5.75 Å². The third-order valence-corrected chi connectivity index (χ3v) is 4.74. The van der Waals surface area contributed by atoms with Crippen LogP contribution >= 0.6 is 11.6 Å². The van der Waals surface area contributed by atoms with Crippen molar-refractivity contribution >= 4 is 11.6 Å². The van der Waals surface area contributed by atoms with Crippen LogP contribution in [0.25, 0.3) is 0 Å². The normalized spacial score (nSPS) is 29.5. The predicted molar refractivity (Wildman–Crippen MR) is 77.8 cm³/mol. The molecule has 1 aromatic carbocycles. The number of hydrogen-bond acceptors (Lipinski definition) is 3. The summed E-state index contributed by atoms with van der Waals surface area (Å²) < 4.78 is 5.18. The minimum atomic E-state index is 0.642. The van der Waals surface area contributed by atoms with E-state index in [0.717, 1.165) is 18.2 Å². The maximum absolute atomic E-state index is 6.15. The van der Waals surface area contributed by atoms with Crippen molar-refractivity contribution in [2.24, 2.45) is 5.92 Å². The molecule has 4 rings (SSSR count). The van der Waals surface area contributed by atoms with Gasteiger partial charge < -0.3 is 15.0 Å². The largest absolute Gasteiger partial charge is 0.495 e. The average molecular weight is 281 g/mol. The molecule has 104 valence electrons. The zero-order valence-electron chi connectivity index (χ0n) is 11.4. The van der Waals surface area contributed by atoms with E-state index in [0.29, 0.717) is 11.1 Å². The number of nitrogens with zero attached hydrogens (tertiary/aromatic N) is 1. The maximum Gasteiger partial charge on any atom is 0.137 e. The SMILES string of the molecule is COc1ccc(CNC2CN3CCC2CC3)cc1Cl. The van der Waals surface area contributed by atoms with E-state index in [4.69, 9.17) is 16.3 Å². The van der Waals surface area contributed by atoms with E-state index in [-0.39, 0.29) is 0 Å². The Balaban J connectivity index is 1.59. The summed E-state index contributed by atoms with van der Waals surface area (Å²) in [5.74, 6) is 1.60. The van der Waals surface area contributed by atoms with E-state index < -0.39 is 0 Å². The van der Waals surface area contributed by atoms with Crippen LogP contribution in [0.15, 0.2) is 18.2 Å². The van der Waals surface area contributed by atoms with Gasteiger partial charge in [0.25, 0.3) is 0 Å². The van der Waals surface area contributed by atoms with Gasteiger partial charge in [-0.15, -0.1) is 0 Å². The van der Waals surface area contributed by atoms with Gasteiger partial charge in [-0.1, -0.05) is 17.7 Å². The predicted octanol–water partition coefficient (Wildman–Crippen LogP) is 2.53. The Bertz CT molecular complexity index is 444. The van der Waals surface area contributed by atoms with Crippen LogP contribution in [0.2, 0.25) is 5.02 Å². The smallest absolute Gasteiger partial charge is 0.137 e. The monoisotopic (exact) mass is 280 g/mol. The first-order valence-corrected chi connectivity index (χ1v) is 7.42. The van der Waals surface area contributed by atoms with Gasteiger partial charge in [0.1, 0.15) is 5.75 Å². The van der Waals surface area contributed by atoms with Crippen molar-refractivity contribution in [1.29, 1.82) is 0 Å². The minimum Gasteiger partial charge on any atom is -0.495 e. The Morgan fingerprint density at radius 1 is 1.37 bits per heavy atom. The van der Waals surface area contributed by atoms with Crippen LogP contribution in [0.5, 0.6) is 5.75 Å². The number of methoxy groups -OCH3 is 1. The molecule has 3 aliphatic rings. The third-order valence-electron chi connectivity index (χ3n) is 4.44. The van der Waals surface area contributed by atoms with Gasteiger partial charge >= 0.3 is 0 Å². The average Bonchev–Trinajstić information content (AvgIpc) is 2.46. The molecule has 3 fully saturated rings. The molecule has 3 nitrogen and oxygen atoms in total. The van der Waals surface area contributed by atoms with E-state index in [1.165, 1.54) is 38.0 Å². The van der Waals surface area contributed by atoms with Crippen LogP contribution in [0, 0.1) is 5.92 Å². The lowest BCUT2D eigenvalue weighted by Crippen LogP contribution is -2.55. The second kappa shape index (κ2) is 5.70. The maximum atomic E-state index is 6.15. The highest BCUT2D eigenvalue weighted by Crippen LogP contribution is 2.28. The van der Waals surface area contributed by atoms with Crippen LogP contribution in [0.4, 0.5) is 0 Å². The topological polar surface area (TPSA) is 24.5 Å². The Morgan fingerprint density at radius 2 is 2.16 bits per heavy atom. The van der Waals surface area contributed by atoms with E-state index >= 15 is 0 Å². The fraction of sp³-hybridized carbons (Fsp3) is 0.600. The number of piperidine rings is 3. The van der Waals surface area contributed by atoms with Crippen molar-refractivity contribution in [2.75, 3.05) is 26.7 Å². The number of hydrogen-bond donors (Lipinski definition) is 1. The summed E-state index contributed by atoms with van der Waals surface area (Å²) in [4.78, 5) is 2.57. The molecule has 4 heteroatoms. The second-order valence-corrected chi connectivity index (χ2v) is 6.00. The Kier molecular flexibility index (Phi) is 3.96. The first-order valence-electron chi connectivity index (χ1n) is 7.04. The zero-order chi connectivity index (χ0) is 13.2. The molecule has 1 aromatic rings. The number of ether oxygens (including phenoxy) is 1. The number of fused-ring (bicyclic) bond motifs is 3. The first kappa shape index (κ1) is 13.2. The van der Waals surface area contributed by atoms with E-state index in [9.17, 15) is 0 Å². The van der Waals surface area contributed by atoms with Crippen molar-refractivity contribution in [3.63, 3.8) is 0 Å². The number of halogens is 1. The number of benzene rings is 1. The molecule has 0 spiro atoms. The van der Waals surface area contributed by atoms with Gasteiger partial charge in [-0.05, 0) is 49.5 Å². The van der Waals surface area contributed by atoms with Gasteiger partial charge in [-0.2, -0.15) is 0 Å². The molecule has 0 aromatic heterocycles. The van der Waals surface area contributed by atoms with Crippen LogP contribution in [0.1, 0.15) is 18.4 Å². The van der Waals surface area contributed by atoms with Crippen molar-refractivity contribution < 1.29 is 4.74 Å². The molecule has 0 amide bonds. The van der Waals surface area contributed by atoms with Gasteiger partial charge in [0.2, 0.25) is 0 Å². The van der Waals surface area contributed by atoms with Crippen LogP contribution in [-0.4, -0.2) is 37.7 Å². The summed E-state index contributed by atoms with van der Waals surface area (Å²) in [5, 5.41) is 4.38. The lowest BCUT2D eigenvalue weighted by atomic mass is 9.84. The molecule has 1 N–H and O–H groups in total. The summed E-state index contributed by atoms with van der Waals surface area (Å²) in [5.41, 5.74) is 1.22. The Labute approximate surface area is 119 Å². The number of nitrogens with one attached hydrogen (secondary N) is 1. The van der Waals surface area contributed by atoms with Crippen LogP contribution in [-0.2, 0) is 6.54 Å². The first-order chi connectivity index (χ1) is 9.26. The molecule has 3 heterocycles. The molecule has 0 radical (unpaired) electrons. The minimum absolute atomic E-state index is 0.642. The molecule has 19 heavy (non-hydrogen) atoms. The molecule has 1 unspecified atom stereocenters. The molecule has 2 bridgehead atoms. The molecule has 1 atom stereocenters. The summed E-state index contributed by atoms with van der Waals surface area (Å²) in [6.07, 6.45) is 2.70. The molecular weight excluding hydrogens is 260 g/mol. The highest BCUT2D eigenvalue weighted by Gasteiger charge is 2.33. The summed E-state index contributed by atoms with van der Waals surface area (Å²) in [6.45, 7) is 4.67. The van der Waals surface area contributed by atoms with Gasteiger partial charge in [0.15, 0.2) is 0 Å². The van der Waals surface area contributed by atoms with Crippen LogP contribution < -0.4 is 10.1 Å². The van der Waals surface area contributed by atoms with E-state index in [2.05, 4.69) is 16.3 Å². The number of rotatable bonds is 4. The third kappa shape index (κ3) is 2.88. The Morgan fingerprint density at radius 3 is 2.74 bits per heavy atom. The molecule has 0 saturated carbocycles. The summed E-state index contributed by atoms with van der Waals surface area (Å²) in [7, 11) is 1.65. The summed E-state index contributed by atoms with van der Waals surface area (Å²) >= 11 is 6.15. The molecule has 0 aliphatic carbocycles. The van der Waals surface area contributed by atoms with Crippen molar-refractivity contribution in [3.05, 3.63) is 28.8 Å².